The lowest BCUT2D eigenvalue weighted by Gasteiger charge is -2.07. The molecule has 1 aromatic carbocycles. The Hall–Kier alpha value is -1.33. The Labute approximate surface area is 117 Å². The summed E-state index contributed by atoms with van der Waals surface area (Å²) in [4.78, 5) is 12.0. The van der Waals surface area contributed by atoms with Gasteiger partial charge in [-0.05, 0) is 58.7 Å². The molecular formula is C13H11BrO3S. The van der Waals surface area contributed by atoms with Crippen molar-refractivity contribution in [1.82, 2.24) is 0 Å². The van der Waals surface area contributed by atoms with Gasteiger partial charge >= 0.3 is 5.97 Å². The lowest BCUT2D eigenvalue weighted by molar-refractivity contribution is 0.0696. The zero-order valence-electron chi connectivity index (χ0n) is 9.64. The highest BCUT2D eigenvalue weighted by atomic mass is 79.9. The van der Waals surface area contributed by atoms with Crippen LogP contribution in [0.2, 0.25) is 0 Å². The van der Waals surface area contributed by atoms with Crippen molar-refractivity contribution in [3.05, 3.63) is 50.1 Å². The molecular weight excluding hydrogens is 316 g/mol. The van der Waals surface area contributed by atoms with E-state index in [-0.39, 0.29) is 0 Å². The van der Waals surface area contributed by atoms with Crippen molar-refractivity contribution in [3.63, 3.8) is 0 Å². The minimum atomic E-state index is -0.916. The van der Waals surface area contributed by atoms with Gasteiger partial charge in [0.2, 0.25) is 0 Å². The van der Waals surface area contributed by atoms with Crippen molar-refractivity contribution >= 4 is 33.2 Å². The second-order valence-corrected chi connectivity index (χ2v) is 6.32. The Kier molecular flexibility index (Phi) is 4.04. The summed E-state index contributed by atoms with van der Waals surface area (Å²) in [6.45, 7) is 2.25. The minimum Gasteiger partial charge on any atom is -0.488 e. The molecule has 0 amide bonds. The van der Waals surface area contributed by atoms with E-state index in [1.807, 2.05) is 12.1 Å². The molecule has 0 bridgehead atoms. The number of benzene rings is 1. The average Bonchev–Trinajstić information content (AvgIpc) is 2.72. The number of hydrogen-bond acceptors (Lipinski definition) is 3. The van der Waals surface area contributed by atoms with E-state index < -0.39 is 5.97 Å². The summed E-state index contributed by atoms with van der Waals surface area (Å²) in [5, 5.41) is 8.92. The number of thiophene rings is 1. The normalized spacial score (nSPS) is 10.3. The Balaban J connectivity index is 2.06. The Morgan fingerprint density at radius 1 is 1.39 bits per heavy atom. The third kappa shape index (κ3) is 3.11. The summed E-state index contributed by atoms with van der Waals surface area (Å²) in [6.07, 6.45) is 0. The molecule has 2 rings (SSSR count). The fraction of sp³-hybridized carbons (Fsp3) is 0.154. The maximum Gasteiger partial charge on any atom is 0.335 e. The largest absolute Gasteiger partial charge is 0.488 e. The van der Waals surface area contributed by atoms with E-state index >= 15 is 0 Å². The molecule has 18 heavy (non-hydrogen) atoms. The van der Waals surface area contributed by atoms with Crippen molar-refractivity contribution in [3.8, 4) is 5.75 Å². The fourth-order valence-electron chi connectivity index (χ4n) is 1.55. The van der Waals surface area contributed by atoms with Crippen LogP contribution in [0.3, 0.4) is 0 Å². The molecule has 1 heterocycles. The molecule has 1 aromatic heterocycles. The van der Waals surface area contributed by atoms with Gasteiger partial charge in [-0.15, -0.1) is 11.3 Å². The summed E-state index contributed by atoms with van der Waals surface area (Å²) in [5.74, 6) is -0.233. The maximum atomic E-state index is 10.9. The van der Waals surface area contributed by atoms with E-state index in [1.165, 1.54) is 0 Å². The first-order valence-electron chi connectivity index (χ1n) is 5.27. The van der Waals surface area contributed by atoms with E-state index in [0.717, 1.165) is 8.66 Å². The first-order valence-corrected chi connectivity index (χ1v) is 6.88. The summed E-state index contributed by atoms with van der Waals surface area (Å²) in [6, 6.07) is 8.96. The SMILES string of the molecule is Cc1cc(OCc2ccc(Br)s2)ccc1C(=O)O. The molecule has 0 spiro atoms. The second-order valence-electron chi connectivity index (χ2n) is 3.78. The summed E-state index contributed by atoms with van der Waals surface area (Å²) in [5.41, 5.74) is 1.01. The highest BCUT2D eigenvalue weighted by Gasteiger charge is 2.07. The smallest absolute Gasteiger partial charge is 0.335 e. The first kappa shape index (κ1) is 13.1. The number of rotatable bonds is 4. The Morgan fingerprint density at radius 3 is 2.72 bits per heavy atom. The van der Waals surface area contributed by atoms with E-state index in [0.29, 0.717) is 23.5 Å². The number of hydrogen-bond donors (Lipinski definition) is 1. The molecule has 0 unspecified atom stereocenters. The van der Waals surface area contributed by atoms with Gasteiger partial charge in [0, 0.05) is 4.88 Å². The number of carboxylic acids is 1. The van der Waals surface area contributed by atoms with Crippen molar-refractivity contribution in [2.24, 2.45) is 0 Å². The standard InChI is InChI=1S/C13H11BrO3S/c1-8-6-9(2-4-11(8)13(15)16)17-7-10-3-5-12(14)18-10/h2-6H,7H2,1H3,(H,15,16). The molecule has 0 saturated carbocycles. The number of carbonyl (C=O) groups is 1. The monoisotopic (exact) mass is 326 g/mol. The van der Waals surface area contributed by atoms with Gasteiger partial charge < -0.3 is 9.84 Å². The molecule has 0 radical (unpaired) electrons. The van der Waals surface area contributed by atoms with Crippen LogP contribution in [0.25, 0.3) is 0 Å². The topological polar surface area (TPSA) is 46.5 Å². The third-order valence-electron chi connectivity index (χ3n) is 2.44. The molecule has 1 N–H and O–H groups in total. The van der Waals surface area contributed by atoms with Crippen LogP contribution < -0.4 is 4.74 Å². The Bertz CT molecular complexity index is 577. The van der Waals surface area contributed by atoms with Gasteiger partial charge in [0.15, 0.2) is 0 Å². The van der Waals surface area contributed by atoms with E-state index in [4.69, 9.17) is 9.84 Å². The van der Waals surface area contributed by atoms with E-state index in [2.05, 4.69) is 15.9 Å². The van der Waals surface area contributed by atoms with Crippen LogP contribution in [-0.2, 0) is 6.61 Å². The van der Waals surface area contributed by atoms with Crippen LogP contribution in [0.4, 0.5) is 0 Å². The van der Waals surface area contributed by atoms with Crippen LogP contribution in [-0.4, -0.2) is 11.1 Å². The van der Waals surface area contributed by atoms with Gasteiger partial charge in [0.05, 0.1) is 9.35 Å². The van der Waals surface area contributed by atoms with Crippen LogP contribution in [0.15, 0.2) is 34.1 Å². The number of ether oxygens (including phenoxy) is 1. The molecule has 0 aliphatic heterocycles. The third-order valence-corrected chi connectivity index (χ3v) is 4.04. The number of carboxylic acid groups (broad SMARTS) is 1. The number of aromatic carboxylic acids is 1. The molecule has 0 saturated heterocycles. The molecule has 0 aliphatic rings. The molecule has 5 heteroatoms. The van der Waals surface area contributed by atoms with Gasteiger partial charge in [0.25, 0.3) is 0 Å². The number of halogens is 1. The molecule has 94 valence electrons. The van der Waals surface area contributed by atoms with Gasteiger partial charge in [-0.1, -0.05) is 0 Å². The van der Waals surface area contributed by atoms with Gasteiger partial charge in [-0.25, -0.2) is 4.79 Å². The zero-order valence-corrected chi connectivity index (χ0v) is 12.0. The minimum absolute atomic E-state index is 0.307. The first-order chi connectivity index (χ1) is 8.56. The summed E-state index contributed by atoms with van der Waals surface area (Å²) >= 11 is 5.01. The summed E-state index contributed by atoms with van der Waals surface area (Å²) < 4.78 is 6.69. The maximum absolute atomic E-state index is 10.9. The molecule has 2 aromatic rings. The predicted molar refractivity (Wildman–Crippen MR) is 74.5 cm³/mol. The van der Waals surface area contributed by atoms with E-state index in [1.54, 1.807) is 36.5 Å². The van der Waals surface area contributed by atoms with Crippen LogP contribution >= 0.6 is 27.3 Å². The molecule has 0 aliphatic carbocycles. The highest BCUT2D eigenvalue weighted by molar-refractivity contribution is 9.11. The van der Waals surface area contributed by atoms with Gasteiger partial charge in [-0.2, -0.15) is 0 Å². The van der Waals surface area contributed by atoms with Crippen LogP contribution in [0.1, 0.15) is 20.8 Å². The Morgan fingerprint density at radius 2 is 2.17 bits per heavy atom. The van der Waals surface area contributed by atoms with E-state index in [9.17, 15) is 4.79 Å². The van der Waals surface area contributed by atoms with Crippen molar-refractivity contribution in [2.75, 3.05) is 0 Å². The predicted octanol–water partition coefficient (Wildman–Crippen LogP) is 4.10. The zero-order chi connectivity index (χ0) is 13.1. The molecule has 0 atom stereocenters. The van der Waals surface area contributed by atoms with Crippen molar-refractivity contribution in [1.29, 1.82) is 0 Å². The average molecular weight is 327 g/mol. The lowest BCUT2D eigenvalue weighted by Crippen LogP contribution is -2.00. The lowest BCUT2D eigenvalue weighted by atomic mass is 10.1. The van der Waals surface area contributed by atoms with Crippen molar-refractivity contribution in [2.45, 2.75) is 13.5 Å². The van der Waals surface area contributed by atoms with Crippen molar-refractivity contribution < 1.29 is 14.6 Å². The van der Waals surface area contributed by atoms with Gasteiger partial charge in [-0.3, -0.25) is 0 Å². The van der Waals surface area contributed by atoms with Crippen LogP contribution in [0, 0.1) is 6.92 Å². The molecule has 0 fully saturated rings. The van der Waals surface area contributed by atoms with Gasteiger partial charge in [0.1, 0.15) is 12.4 Å². The highest BCUT2D eigenvalue weighted by Crippen LogP contribution is 2.24. The quantitative estimate of drug-likeness (QED) is 0.920. The summed E-state index contributed by atoms with van der Waals surface area (Å²) in [7, 11) is 0. The fourth-order valence-corrected chi connectivity index (χ4v) is 2.95. The van der Waals surface area contributed by atoms with Crippen LogP contribution in [0.5, 0.6) is 5.75 Å². The second kappa shape index (κ2) is 5.54. The molecule has 3 nitrogen and oxygen atoms in total. The number of aryl methyl sites for hydroxylation is 1.